The number of amides is 1. The van der Waals surface area contributed by atoms with Crippen molar-refractivity contribution in [3.8, 4) is 11.4 Å². The molecule has 4 heterocycles. The first-order valence-electron chi connectivity index (χ1n) is 13.1. The summed E-state index contributed by atoms with van der Waals surface area (Å²) in [7, 11) is 0. The number of nitrogens with zero attached hydrogens (tertiary/aromatic N) is 5. The van der Waals surface area contributed by atoms with E-state index < -0.39 is 5.60 Å². The molecule has 2 fully saturated rings. The largest absolute Gasteiger partial charge is 0.444 e. The number of hydrogen-bond acceptors (Lipinski definition) is 6. The Balaban J connectivity index is 1.44. The Labute approximate surface area is 217 Å². The molecule has 2 aliphatic rings. The zero-order valence-electron chi connectivity index (χ0n) is 22.3. The summed E-state index contributed by atoms with van der Waals surface area (Å²) < 4.78 is 28.5. The molecule has 1 aromatic carbocycles. The molecule has 0 N–H and O–H groups in total. The molecular weight excluding hydrogens is 473 g/mol. The van der Waals surface area contributed by atoms with Crippen molar-refractivity contribution in [2.24, 2.45) is 0 Å². The summed E-state index contributed by atoms with van der Waals surface area (Å²) in [5, 5.41) is 0. The number of ether oxygens (including phenoxy) is 2. The van der Waals surface area contributed by atoms with Crippen molar-refractivity contribution in [2.45, 2.75) is 77.8 Å². The number of carbonyl (C=O) groups excluding carboxylic acids is 1. The van der Waals surface area contributed by atoms with Gasteiger partial charge >= 0.3 is 6.09 Å². The molecule has 198 valence electrons. The van der Waals surface area contributed by atoms with Gasteiger partial charge in [0.25, 0.3) is 0 Å². The number of anilines is 1. The molecule has 0 saturated carbocycles. The fraction of sp³-hybridized carbons (Fsp3) is 0.536. The van der Waals surface area contributed by atoms with Crippen LogP contribution < -0.4 is 4.90 Å². The summed E-state index contributed by atoms with van der Waals surface area (Å²) in [5.41, 5.74) is 1.21. The van der Waals surface area contributed by atoms with E-state index in [2.05, 4.69) is 18.7 Å². The van der Waals surface area contributed by atoms with E-state index in [1.54, 1.807) is 11.0 Å². The van der Waals surface area contributed by atoms with E-state index in [1.165, 1.54) is 6.07 Å². The predicted molar refractivity (Wildman–Crippen MR) is 141 cm³/mol. The summed E-state index contributed by atoms with van der Waals surface area (Å²) in [6, 6.07) is 9.84. The molecule has 0 unspecified atom stereocenters. The fourth-order valence-corrected chi connectivity index (χ4v) is 5.38. The predicted octanol–water partition coefficient (Wildman–Crippen LogP) is 5.25. The Bertz CT molecular complexity index is 1260. The first-order valence-corrected chi connectivity index (χ1v) is 13.1. The van der Waals surface area contributed by atoms with Crippen LogP contribution in [0.3, 0.4) is 0 Å². The number of carbonyl (C=O) groups is 1. The van der Waals surface area contributed by atoms with Gasteiger partial charge in [0.2, 0.25) is 0 Å². The molecular formula is C28H36FN5O3. The van der Waals surface area contributed by atoms with Crippen molar-refractivity contribution in [1.29, 1.82) is 0 Å². The second kappa shape index (κ2) is 9.93. The SMILES string of the molecule is C[C@H]1CC[C@H](C)N1c1ccc(-c2nc3cccc(F)c3n2C[C@@H]2CN(C(=O)OC(C)(C)C)CCO2)cn1. The molecule has 0 bridgehead atoms. The number of morpholine rings is 1. The Morgan fingerprint density at radius 2 is 1.92 bits per heavy atom. The number of benzene rings is 1. The Morgan fingerprint density at radius 1 is 1.16 bits per heavy atom. The summed E-state index contributed by atoms with van der Waals surface area (Å²) in [6.07, 6.45) is 3.42. The van der Waals surface area contributed by atoms with Crippen molar-refractivity contribution >= 4 is 22.9 Å². The maximum atomic E-state index is 15.1. The molecule has 2 saturated heterocycles. The van der Waals surface area contributed by atoms with E-state index in [0.717, 1.165) is 24.2 Å². The van der Waals surface area contributed by atoms with Crippen LogP contribution in [0.4, 0.5) is 15.0 Å². The van der Waals surface area contributed by atoms with Crippen LogP contribution in [0.15, 0.2) is 36.5 Å². The molecule has 0 spiro atoms. The average Bonchev–Trinajstić information content (AvgIpc) is 3.38. The van der Waals surface area contributed by atoms with Crippen LogP contribution in [0, 0.1) is 5.82 Å². The monoisotopic (exact) mass is 509 g/mol. The minimum Gasteiger partial charge on any atom is -0.444 e. The van der Waals surface area contributed by atoms with Crippen LogP contribution in [0.2, 0.25) is 0 Å². The molecule has 37 heavy (non-hydrogen) atoms. The molecule has 9 heteroatoms. The van der Waals surface area contributed by atoms with E-state index in [4.69, 9.17) is 19.4 Å². The third-order valence-corrected chi connectivity index (χ3v) is 7.12. The normalized spacial score (nSPS) is 22.6. The summed E-state index contributed by atoms with van der Waals surface area (Å²) in [5.74, 6) is 1.22. The first kappa shape index (κ1) is 25.4. The van der Waals surface area contributed by atoms with E-state index in [-0.39, 0.29) is 18.0 Å². The second-order valence-electron chi connectivity index (χ2n) is 11.2. The lowest BCUT2D eigenvalue weighted by Crippen LogP contribution is -2.48. The summed E-state index contributed by atoms with van der Waals surface area (Å²) >= 11 is 0. The lowest BCUT2D eigenvalue weighted by atomic mass is 10.2. The number of rotatable bonds is 4. The summed E-state index contributed by atoms with van der Waals surface area (Å²) in [4.78, 5) is 26.2. The number of hydrogen-bond donors (Lipinski definition) is 0. The highest BCUT2D eigenvalue weighted by Crippen LogP contribution is 2.32. The minimum atomic E-state index is -0.578. The maximum Gasteiger partial charge on any atom is 0.410 e. The lowest BCUT2D eigenvalue weighted by molar-refractivity contribution is -0.0468. The molecule has 1 amide bonds. The van der Waals surface area contributed by atoms with Gasteiger partial charge in [-0.1, -0.05) is 6.07 Å². The number of pyridine rings is 1. The smallest absolute Gasteiger partial charge is 0.410 e. The molecule has 3 atom stereocenters. The number of para-hydroxylation sites is 1. The summed E-state index contributed by atoms with van der Waals surface area (Å²) in [6.45, 7) is 11.5. The van der Waals surface area contributed by atoms with Gasteiger partial charge in [-0.15, -0.1) is 0 Å². The van der Waals surface area contributed by atoms with Crippen LogP contribution in [0.5, 0.6) is 0 Å². The molecule has 0 radical (unpaired) electrons. The third-order valence-electron chi connectivity index (χ3n) is 7.12. The van der Waals surface area contributed by atoms with E-state index in [9.17, 15) is 4.79 Å². The fourth-order valence-electron chi connectivity index (χ4n) is 5.38. The highest BCUT2D eigenvalue weighted by atomic mass is 19.1. The maximum absolute atomic E-state index is 15.1. The molecule has 5 rings (SSSR count). The zero-order valence-corrected chi connectivity index (χ0v) is 22.3. The van der Waals surface area contributed by atoms with E-state index in [0.29, 0.717) is 55.2 Å². The third kappa shape index (κ3) is 5.28. The van der Waals surface area contributed by atoms with Gasteiger partial charge in [-0.3, -0.25) is 0 Å². The van der Waals surface area contributed by atoms with Crippen LogP contribution in [0.1, 0.15) is 47.5 Å². The van der Waals surface area contributed by atoms with Crippen molar-refractivity contribution in [2.75, 3.05) is 24.6 Å². The molecule has 8 nitrogen and oxygen atoms in total. The quantitative estimate of drug-likeness (QED) is 0.478. The lowest BCUT2D eigenvalue weighted by Gasteiger charge is -2.34. The van der Waals surface area contributed by atoms with Gasteiger partial charge in [0.05, 0.1) is 31.3 Å². The molecule has 2 aliphatic heterocycles. The van der Waals surface area contributed by atoms with Gasteiger partial charge in [-0.25, -0.2) is 19.2 Å². The van der Waals surface area contributed by atoms with Gasteiger partial charge in [0, 0.05) is 30.4 Å². The topological polar surface area (TPSA) is 72.7 Å². The van der Waals surface area contributed by atoms with Gasteiger partial charge in [-0.2, -0.15) is 0 Å². The van der Waals surface area contributed by atoms with Crippen molar-refractivity contribution in [3.05, 3.63) is 42.3 Å². The van der Waals surface area contributed by atoms with Crippen LogP contribution in [-0.2, 0) is 16.0 Å². The molecule has 3 aromatic rings. The standard InChI is InChI=1S/C28H36FN5O3/c1-18-9-10-19(2)34(18)24-12-11-20(15-30-24)26-31-23-8-6-7-22(29)25(23)33(26)17-21-16-32(13-14-36-21)27(35)37-28(3,4)5/h6-8,11-12,15,18-19,21H,9-10,13-14,16-17H2,1-5H3/t18-,19-,21-/m0/s1. The molecule has 2 aromatic heterocycles. The van der Waals surface area contributed by atoms with Gasteiger partial charge in [0.15, 0.2) is 0 Å². The van der Waals surface area contributed by atoms with Crippen LogP contribution in [0.25, 0.3) is 22.4 Å². The Hall–Kier alpha value is -3.20. The van der Waals surface area contributed by atoms with Gasteiger partial charge in [-0.05, 0) is 71.7 Å². The average molecular weight is 510 g/mol. The zero-order chi connectivity index (χ0) is 26.3. The highest BCUT2D eigenvalue weighted by molar-refractivity contribution is 5.81. The second-order valence-corrected chi connectivity index (χ2v) is 11.2. The number of aromatic nitrogens is 3. The van der Waals surface area contributed by atoms with Crippen molar-refractivity contribution < 1.29 is 18.7 Å². The van der Waals surface area contributed by atoms with Crippen LogP contribution in [-0.4, -0.2) is 69.0 Å². The minimum absolute atomic E-state index is 0.337. The number of halogens is 1. The van der Waals surface area contributed by atoms with E-state index in [1.807, 2.05) is 49.7 Å². The van der Waals surface area contributed by atoms with Crippen LogP contribution >= 0.6 is 0 Å². The Morgan fingerprint density at radius 3 is 2.59 bits per heavy atom. The van der Waals surface area contributed by atoms with E-state index >= 15 is 4.39 Å². The van der Waals surface area contributed by atoms with Crippen molar-refractivity contribution in [3.63, 3.8) is 0 Å². The van der Waals surface area contributed by atoms with Gasteiger partial charge < -0.3 is 23.8 Å². The highest BCUT2D eigenvalue weighted by Gasteiger charge is 2.31. The Kier molecular flexibility index (Phi) is 6.83. The van der Waals surface area contributed by atoms with Gasteiger partial charge in [0.1, 0.15) is 28.6 Å². The van der Waals surface area contributed by atoms with Crippen molar-refractivity contribution in [1.82, 2.24) is 19.4 Å². The molecule has 0 aliphatic carbocycles. The number of fused-ring (bicyclic) bond motifs is 1. The first-order chi connectivity index (χ1) is 17.6. The number of imidazole rings is 1.